The summed E-state index contributed by atoms with van der Waals surface area (Å²) in [6, 6.07) is 5.70. The van der Waals surface area contributed by atoms with Crippen LogP contribution in [0.3, 0.4) is 0 Å². The van der Waals surface area contributed by atoms with Crippen molar-refractivity contribution in [3.8, 4) is 11.5 Å². The van der Waals surface area contributed by atoms with Gasteiger partial charge in [-0.3, -0.25) is 0 Å². The summed E-state index contributed by atoms with van der Waals surface area (Å²) in [7, 11) is 3.23. The Morgan fingerprint density at radius 3 is 2.62 bits per heavy atom. The summed E-state index contributed by atoms with van der Waals surface area (Å²) in [5.41, 5.74) is 7.06. The zero-order valence-corrected chi connectivity index (χ0v) is 12.8. The van der Waals surface area contributed by atoms with Gasteiger partial charge < -0.3 is 25.3 Å². The fourth-order valence-electron chi connectivity index (χ4n) is 2.07. The van der Waals surface area contributed by atoms with Gasteiger partial charge in [0.05, 0.1) is 34.0 Å². The fourth-order valence-corrected chi connectivity index (χ4v) is 2.07. The summed E-state index contributed by atoms with van der Waals surface area (Å²) in [6.07, 6.45) is 0. The van der Waals surface area contributed by atoms with Gasteiger partial charge in [0.15, 0.2) is 17.5 Å². The van der Waals surface area contributed by atoms with Crippen molar-refractivity contribution in [1.29, 1.82) is 0 Å². The van der Waals surface area contributed by atoms with Crippen molar-refractivity contribution in [2.75, 3.05) is 34.0 Å². The lowest BCUT2D eigenvalue weighted by molar-refractivity contribution is -0.0970. The molecule has 6 nitrogen and oxygen atoms in total. The van der Waals surface area contributed by atoms with Crippen LogP contribution in [0.2, 0.25) is 0 Å². The third-order valence-corrected chi connectivity index (χ3v) is 3.48. The van der Waals surface area contributed by atoms with Crippen molar-refractivity contribution in [2.45, 2.75) is 13.5 Å². The first-order valence-corrected chi connectivity index (χ1v) is 6.89. The van der Waals surface area contributed by atoms with Crippen LogP contribution in [-0.2, 0) is 11.3 Å². The largest absolute Gasteiger partial charge is 0.493 e. The van der Waals surface area contributed by atoms with E-state index in [1.807, 2.05) is 18.2 Å². The molecule has 3 N–H and O–H groups in total. The zero-order chi connectivity index (χ0) is 15.3. The van der Waals surface area contributed by atoms with Crippen molar-refractivity contribution in [3.63, 3.8) is 0 Å². The Morgan fingerprint density at radius 1 is 1.33 bits per heavy atom. The Kier molecular flexibility index (Phi) is 4.90. The molecular weight excluding hydrogens is 270 g/mol. The number of ether oxygens (including phenoxy) is 3. The maximum atomic E-state index is 5.88. The number of benzene rings is 1. The van der Waals surface area contributed by atoms with Crippen LogP contribution in [0.4, 0.5) is 0 Å². The van der Waals surface area contributed by atoms with Crippen molar-refractivity contribution in [2.24, 2.45) is 16.1 Å². The number of methoxy groups -OCH3 is 2. The van der Waals surface area contributed by atoms with Crippen LogP contribution in [0.15, 0.2) is 23.2 Å². The molecule has 1 aromatic carbocycles. The van der Waals surface area contributed by atoms with Gasteiger partial charge >= 0.3 is 0 Å². The lowest BCUT2D eigenvalue weighted by Crippen LogP contribution is -2.50. The summed E-state index contributed by atoms with van der Waals surface area (Å²) in [4.78, 5) is 4.33. The Balaban J connectivity index is 1.90. The monoisotopic (exact) mass is 293 g/mol. The van der Waals surface area contributed by atoms with Gasteiger partial charge in [-0.1, -0.05) is 13.0 Å². The molecule has 0 amide bonds. The van der Waals surface area contributed by atoms with E-state index in [-0.39, 0.29) is 5.41 Å². The van der Waals surface area contributed by atoms with Crippen molar-refractivity contribution in [1.82, 2.24) is 5.32 Å². The molecule has 1 aromatic rings. The van der Waals surface area contributed by atoms with Gasteiger partial charge in [0.1, 0.15) is 0 Å². The summed E-state index contributed by atoms with van der Waals surface area (Å²) in [6.45, 7) is 4.96. The summed E-state index contributed by atoms with van der Waals surface area (Å²) in [5, 5.41) is 3.14. The molecule has 1 aliphatic heterocycles. The van der Waals surface area contributed by atoms with Crippen LogP contribution in [0.25, 0.3) is 0 Å². The van der Waals surface area contributed by atoms with Crippen LogP contribution in [-0.4, -0.2) is 39.9 Å². The van der Waals surface area contributed by atoms with Crippen LogP contribution in [0.5, 0.6) is 11.5 Å². The van der Waals surface area contributed by atoms with Crippen molar-refractivity contribution in [3.05, 3.63) is 23.8 Å². The van der Waals surface area contributed by atoms with Gasteiger partial charge in [0.2, 0.25) is 0 Å². The minimum atomic E-state index is 0.170. The van der Waals surface area contributed by atoms with E-state index in [9.17, 15) is 0 Å². The third-order valence-electron chi connectivity index (χ3n) is 3.48. The number of nitrogens with one attached hydrogen (secondary N) is 1. The molecule has 0 aromatic heterocycles. The molecule has 1 aliphatic rings. The molecule has 1 fully saturated rings. The number of guanidine groups is 1. The zero-order valence-electron chi connectivity index (χ0n) is 12.8. The van der Waals surface area contributed by atoms with E-state index in [4.69, 9.17) is 19.9 Å². The van der Waals surface area contributed by atoms with Gasteiger partial charge in [-0.25, -0.2) is 4.99 Å². The van der Waals surface area contributed by atoms with Crippen LogP contribution in [0, 0.1) is 5.41 Å². The van der Waals surface area contributed by atoms with Gasteiger partial charge in [-0.05, 0) is 17.7 Å². The smallest absolute Gasteiger partial charge is 0.188 e. The third kappa shape index (κ3) is 4.01. The highest BCUT2D eigenvalue weighted by molar-refractivity contribution is 5.77. The van der Waals surface area contributed by atoms with Crippen LogP contribution >= 0.6 is 0 Å². The van der Waals surface area contributed by atoms with Crippen LogP contribution in [0.1, 0.15) is 12.5 Å². The molecule has 21 heavy (non-hydrogen) atoms. The fraction of sp³-hybridized carbons (Fsp3) is 0.533. The number of hydrogen-bond acceptors (Lipinski definition) is 4. The molecule has 0 radical (unpaired) electrons. The highest BCUT2D eigenvalue weighted by atomic mass is 16.5. The number of nitrogens with two attached hydrogens (primary N) is 1. The average molecular weight is 293 g/mol. The van der Waals surface area contributed by atoms with Crippen molar-refractivity contribution < 1.29 is 14.2 Å². The van der Waals surface area contributed by atoms with Gasteiger partial charge in [-0.15, -0.1) is 0 Å². The Morgan fingerprint density at radius 2 is 2.05 bits per heavy atom. The topological polar surface area (TPSA) is 78.1 Å². The Labute approximate surface area is 125 Å². The summed E-state index contributed by atoms with van der Waals surface area (Å²) >= 11 is 0. The maximum absolute atomic E-state index is 5.88. The molecule has 0 spiro atoms. The minimum Gasteiger partial charge on any atom is -0.493 e. The molecule has 116 valence electrons. The van der Waals surface area contributed by atoms with Gasteiger partial charge in [0, 0.05) is 12.0 Å². The molecule has 0 unspecified atom stereocenters. The van der Waals surface area contributed by atoms with E-state index < -0.39 is 0 Å². The van der Waals surface area contributed by atoms with E-state index in [2.05, 4.69) is 17.2 Å². The molecule has 2 rings (SSSR count). The SMILES string of the molecule is COc1ccc(CN=C(N)NCC2(C)COC2)cc1OC. The second-order valence-electron chi connectivity index (χ2n) is 5.55. The Hall–Kier alpha value is -1.95. The molecule has 6 heteroatoms. The molecule has 0 saturated carbocycles. The second-order valence-corrected chi connectivity index (χ2v) is 5.55. The quantitative estimate of drug-likeness (QED) is 0.607. The molecule has 0 atom stereocenters. The maximum Gasteiger partial charge on any atom is 0.188 e. The molecular formula is C15H23N3O3. The highest BCUT2D eigenvalue weighted by Gasteiger charge is 2.33. The molecule has 0 bridgehead atoms. The lowest BCUT2D eigenvalue weighted by Gasteiger charge is -2.38. The average Bonchev–Trinajstić information content (AvgIpc) is 2.48. The minimum absolute atomic E-state index is 0.170. The summed E-state index contributed by atoms with van der Waals surface area (Å²) < 4.78 is 15.7. The van der Waals surface area contributed by atoms with E-state index in [0.29, 0.717) is 24.0 Å². The van der Waals surface area contributed by atoms with Gasteiger partial charge in [-0.2, -0.15) is 0 Å². The number of hydrogen-bond donors (Lipinski definition) is 2. The Bertz CT molecular complexity index is 513. The first-order chi connectivity index (χ1) is 10.1. The first-order valence-electron chi connectivity index (χ1n) is 6.89. The normalized spacial score (nSPS) is 17.0. The van der Waals surface area contributed by atoms with E-state index in [0.717, 1.165) is 25.3 Å². The molecule has 1 saturated heterocycles. The number of rotatable bonds is 6. The van der Waals surface area contributed by atoms with E-state index in [1.54, 1.807) is 14.2 Å². The molecule has 0 aliphatic carbocycles. The predicted octanol–water partition coefficient (Wildman–Crippen LogP) is 1.14. The number of aliphatic imine (C=N–C) groups is 1. The molecule has 1 heterocycles. The summed E-state index contributed by atoms with van der Waals surface area (Å²) in [5.74, 6) is 1.84. The van der Waals surface area contributed by atoms with E-state index in [1.165, 1.54) is 0 Å². The first kappa shape index (κ1) is 15.4. The lowest BCUT2D eigenvalue weighted by atomic mass is 9.89. The van der Waals surface area contributed by atoms with E-state index >= 15 is 0 Å². The predicted molar refractivity (Wildman–Crippen MR) is 81.8 cm³/mol. The van der Waals surface area contributed by atoms with Crippen molar-refractivity contribution >= 4 is 5.96 Å². The second kappa shape index (κ2) is 6.67. The highest BCUT2D eigenvalue weighted by Crippen LogP contribution is 2.28. The van der Waals surface area contributed by atoms with Crippen LogP contribution < -0.4 is 20.5 Å². The van der Waals surface area contributed by atoms with Gasteiger partial charge in [0.25, 0.3) is 0 Å². The standard InChI is InChI=1S/C15H23N3O3/c1-15(9-21-10-15)8-18-14(16)17-7-11-4-5-12(19-2)13(6-11)20-3/h4-6H,7-10H2,1-3H3,(H3,16,17,18). The number of nitrogens with zero attached hydrogens (tertiary/aromatic N) is 1.